The molecule has 0 atom stereocenters. The van der Waals surface area contributed by atoms with Crippen LogP contribution in [-0.2, 0) is 13.1 Å². The largest absolute Gasteiger partial charge is 0.507 e. The van der Waals surface area contributed by atoms with Gasteiger partial charge in [-0.25, -0.2) is 0 Å². The molecule has 5 heteroatoms. The van der Waals surface area contributed by atoms with Gasteiger partial charge >= 0.3 is 0 Å². The standard InChI is InChI=1S/C28H23BrN2O2/c1-30(16-20-11-13-22-21(15-20)12-14-26(32)27(22)29)28(33)24-18-31(17-19-7-3-2-4-8-19)25-10-6-5-9-23(24)25/h2-15,18,32H,16-17H2,1H3. The van der Waals surface area contributed by atoms with Crippen molar-refractivity contribution in [2.75, 3.05) is 7.05 Å². The Labute approximate surface area is 200 Å². The molecule has 1 N–H and O–H groups in total. The third kappa shape index (κ3) is 4.12. The van der Waals surface area contributed by atoms with Crippen LogP contribution in [0.15, 0.2) is 95.6 Å². The first-order valence-corrected chi connectivity index (χ1v) is 11.6. The van der Waals surface area contributed by atoms with E-state index in [2.05, 4.69) is 44.8 Å². The van der Waals surface area contributed by atoms with Crippen molar-refractivity contribution in [2.24, 2.45) is 0 Å². The molecule has 0 saturated heterocycles. The Morgan fingerprint density at radius 3 is 2.48 bits per heavy atom. The van der Waals surface area contributed by atoms with Gasteiger partial charge in [-0.3, -0.25) is 4.79 Å². The molecule has 0 saturated carbocycles. The van der Waals surface area contributed by atoms with Gasteiger partial charge in [0, 0.05) is 37.2 Å². The third-order valence-corrected chi connectivity index (χ3v) is 6.81. The maximum atomic E-state index is 13.5. The first-order valence-electron chi connectivity index (χ1n) is 10.8. The van der Waals surface area contributed by atoms with E-state index in [1.807, 2.05) is 67.8 Å². The second-order valence-corrected chi connectivity index (χ2v) is 9.08. The maximum absolute atomic E-state index is 13.5. The highest BCUT2D eigenvalue weighted by atomic mass is 79.9. The summed E-state index contributed by atoms with van der Waals surface area (Å²) in [6.45, 7) is 1.20. The van der Waals surface area contributed by atoms with E-state index < -0.39 is 0 Å². The number of phenols is 1. The van der Waals surface area contributed by atoms with Gasteiger partial charge in [0.05, 0.1) is 10.0 Å². The molecule has 164 valence electrons. The van der Waals surface area contributed by atoms with Crippen LogP contribution in [-0.4, -0.2) is 27.5 Å². The zero-order valence-corrected chi connectivity index (χ0v) is 19.8. The Bertz CT molecular complexity index is 1470. The smallest absolute Gasteiger partial charge is 0.256 e. The van der Waals surface area contributed by atoms with Crippen molar-refractivity contribution in [3.05, 3.63) is 112 Å². The Kier molecular flexibility index (Phi) is 5.65. The number of rotatable bonds is 5. The van der Waals surface area contributed by atoms with Crippen molar-refractivity contribution in [2.45, 2.75) is 13.1 Å². The molecule has 5 rings (SSSR count). The highest BCUT2D eigenvalue weighted by Gasteiger charge is 2.19. The van der Waals surface area contributed by atoms with Crippen molar-refractivity contribution in [3.8, 4) is 5.75 Å². The molecule has 0 unspecified atom stereocenters. The number of benzene rings is 4. The lowest BCUT2D eigenvalue weighted by molar-refractivity contribution is 0.0787. The molecule has 1 aromatic heterocycles. The van der Waals surface area contributed by atoms with Crippen LogP contribution < -0.4 is 0 Å². The first kappa shape index (κ1) is 21.3. The number of carbonyl (C=O) groups excluding carboxylic acids is 1. The van der Waals surface area contributed by atoms with Crippen LogP contribution in [0.3, 0.4) is 0 Å². The fraction of sp³-hybridized carbons (Fsp3) is 0.107. The lowest BCUT2D eigenvalue weighted by Crippen LogP contribution is -2.26. The molecule has 0 spiro atoms. The van der Waals surface area contributed by atoms with E-state index in [-0.39, 0.29) is 11.7 Å². The summed E-state index contributed by atoms with van der Waals surface area (Å²) in [5.41, 5.74) is 3.98. The molecule has 0 fully saturated rings. The van der Waals surface area contributed by atoms with Crippen molar-refractivity contribution >= 4 is 43.5 Å². The summed E-state index contributed by atoms with van der Waals surface area (Å²) >= 11 is 3.44. The molecule has 4 nitrogen and oxygen atoms in total. The van der Waals surface area contributed by atoms with Gasteiger partial charge in [-0.1, -0.05) is 66.7 Å². The van der Waals surface area contributed by atoms with Gasteiger partial charge in [-0.05, 0) is 56.0 Å². The number of aromatic hydroxyl groups is 1. The van der Waals surface area contributed by atoms with Crippen LogP contribution in [0.5, 0.6) is 5.75 Å². The number of hydrogen-bond donors (Lipinski definition) is 1. The number of phenolic OH excluding ortho intramolecular Hbond substituents is 1. The highest BCUT2D eigenvalue weighted by Crippen LogP contribution is 2.33. The summed E-state index contributed by atoms with van der Waals surface area (Å²) in [4.78, 5) is 15.2. The molecule has 0 radical (unpaired) electrons. The Hall–Kier alpha value is -3.57. The molecule has 0 bridgehead atoms. The number of fused-ring (bicyclic) bond motifs is 2. The Morgan fingerprint density at radius 2 is 1.67 bits per heavy atom. The summed E-state index contributed by atoms with van der Waals surface area (Å²) in [6, 6.07) is 27.9. The van der Waals surface area contributed by atoms with E-state index in [4.69, 9.17) is 0 Å². The van der Waals surface area contributed by atoms with E-state index in [1.165, 1.54) is 5.56 Å². The van der Waals surface area contributed by atoms with Gasteiger partial charge in [0.2, 0.25) is 0 Å². The number of nitrogens with zero attached hydrogens (tertiary/aromatic N) is 2. The number of para-hydroxylation sites is 1. The molecule has 0 aliphatic rings. The number of aromatic nitrogens is 1. The molecule has 1 amide bonds. The molecular weight excluding hydrogens is 476 g/mol. The topological polar surface area (TPSA) is 45.5 Å². The van der Waals surface area contributed by atoms with Crippen LogP contribution in [0.1, 0.15) is 21.5 Å². The summed E-state index contributed by atoms with van der Waals surface area (Å²) < 4.78 is 2.83. The lowest BCUT2D eigenvalue weighted by Gasteiger charge is -2.17. The van der Waals surface area contributed by atoms with Crippen LogP contribution in [0.25, 0.3) is 21.7 Å². The minimum Gasteiger partial charge on any atom is -0.507 e. The van der Waals surface area contributed by atoms with E-state index in [0.29, 0.717) is 23.1 Å². The fourth-order valence-electron chi connectivity index (χ4n) is 4.31. The first-order chi connectivity index (χ1) is 16.0. The van der Waals surface area contributed by atoms with Gasteiger partial charge < -0.3 is 14.6 Å². The van der Waals surface area contributed by atoms with Crippen LogP contribution in [0.2, 0.25) is 0 Å². The number of amides is 1. The zero-order valence-electron chi connectivity index (χ0n) is 18.2. The van der Waals surface area contributed by atoms with Crippen LogP contribution >= 0.6 is 15.9 Å². The quantitative estimate of drug-likeness (QED) is 0.297. The van der Waals surface area contributed by atoms with Gasteiger partial charge in [-0.2, -0.15) is 0 Å². The molecule has 0 aliphatic carbocycles. The normalized spacial score (nSPS) is 11.2. The average Bonchev–Trinajstić information content (AvgIpc) is 3.20. The second-order valence-electron chi connectivity index (χ2n) is 8.29. The molecule has 4 aromatic carbocycles. The highest BCUT2D eigenvalue weighted by molar-refractivity contribution is 9.10. The van der Waals surface area contributed by atoms with E-state index in [1.54, 1.807) is 11.0 Å². The minimum atomic E-state index is -0.00926. The summed E-state index contributed by atoms with van der Waals surface area (Å²) in [6.07, 6.45) is 1.97. The average molecular weight is 499 g/mol. The fourth-order valence-corrected chi connectivity index (χ4v) is 4.80. The molecule has 0 aliphatic heterocycles. The van der Waals surface area contributed by atoms with E-state index >= 15 is 0 Å². The van der Waals surface area contributed by atoms with Gasteiger partial charge in [0.1, 0.15) is 5.75 Å². The van der Waals surface area contributed by atoms with E-state index in [9.17, 15) is 9.90 Å². The summed E-state index contributed by atoms with van der Waals surface area (Å²) in [7, 11) is 1.84. The number of halogens is 1. The third-order valence-electron chi connectivity index (χ3n) is 5.98. The predicted molar refractivity (Wildman–Crippen MR) is 137 cm³/mol. The SMILES string of the molecule is CN(Cc1ccc2c(Br)c(O)ccc2c1)C(=O)c1cn(Cc2ccccc2)c2ccccc12. The molecular formula is C28H23BrN2O2. The van der Waals surface area contributed by atoms with Crippen molar-refractivity contribution in [3.63, 3.8) is 0 Å². The van der Waals surface area contributed by atoms with Gasteiger partial charge in [0.25, 0.3) is 5.91 Å². The van der Waals surface area contributed by atoms with Crippen molar-refractivity contribution in [1.82, 2.24) is 9.47 Å². The Morgan fingerprint density at radius 1 is 0.909 bits per heavy atom. The minimum absolute atomic E-state index is 0.00926. The maximum Gasteiger partial charge on any atom is 0.256 e. The molecule has 5 aromatic rings. The Balaban J connectivity index is 1.44. The predicted octanol–water partition coefficient (Wildman–Crippen LogP) is 6.58. The van der Waals surface area contributed by atoms with E-state index in [0.717, 1.165) is 27.2 Å². The monoisotopic (exact) mass is 498 g/mol. The second kappa shape index (κ2) is 8.75. The summed E-state index contributed by atoms with van der Waals surface area (Å²) in [5.74, 6) is 0.208. The zero-order chi connectivity index (χ0) is 22.9. The van der Waals surface area contributed by atoms with Crippen LogP contribution in [0.4, 0.5) is 0 Å². The van der Waals surface area contributed by atoms with Gasteiger partial charge in [0.15, 0.2) is 0 Å². The number of hydrogen-bond acceptors (Lipinski definition) is 2. The summed E-state index contributed by atoms with van der Waals surface area (Å²) in [5, 5.41) is 12.8. The van der Waals surface area contributed by atoms with Crippen molar-refractivity contribution < 1.29 is 9.90 Å². The molecule has 1 heterocycles. The van der Waals surface area contributed by atoms with Crippen LogP contribution in [0, 0.1) is 0 Å². The molecule has 33 heavy (non-hydrogen) atoms. The van der Waals surface area contributed by atoms with Crippen molar-refractivity contribution in [1.29, 1.82) is 0 Å². The lowest BCUT2D eigenvalue weighted by atomic mass is 10.1. The number of carbonyl (C=O) groups is 1. The van der Waals surface area contributed by atoms with Gasteiger partial charge in [-0.15, -0.1) is 0 Å².